The van der Waals surface area contributed by atoms with Crippen molar-refractivity contribution < 1.29 is 9.53 Å². The third-order valence-corrected chi connectivity index (χ3v) is 12.5. The SMILES string of the molecule is CCCCCSCSCCCCCCCCC(CCCCCCCCSCSCCCCC)OC(=O)CCc1nn[nH]n1. The molecule has 0 aliphatic carbocycles. The van der Waals surface area contributed by atoms with Gasteiger partial charge in [0.1, 0.15) is 6.10 Å². The molecule has 0 fully saturated rings. The van der Waals surface area contributed by atoms with Gasteiger partial charge in [0.05, 0.1) is 6.42 Å². The first-order chi connectivity index (χ1) is 21.3. The number of tetrazole rings is 1. The average Bonchev–Trinajstić information content (AvgIpc) is 3.54. The second-order valence-electron chi connectivity index (χ2n) is 11.5. The van der Waals surface area contributed by atoms with Crippen LogP contribution >= 0.6 is 47.0 Å². The van der Waals surface area contributed by atoms with Crippen molar-refractivity contribution in [1.82, 2.24) is 20.6 Å². The van der Waals surface area contributed by atoms with E-state index in [-0.39, 0.29) is 12.1 Å². The van der Waals surface area contributed by atoms with Crippen molar-refractivity contribution in [2.75, 3.05) is 33.2 Å². The fourth-order valence-electron chi connectivity index (χ4n) is 4.84. The Hall–Kier alpha value is -0.0600. The van der Waals surface area contributed by atoms with E-state index in [0.717, 1.165) is 25.7 Å². The number of thioether (sulfide) groups is 4. The van der Waals surface area contributed by atoms with Gasteiger partial charge in [-0.25, -0.2) is 0 Å². The smallest absolute Gasteiger partial charge is 0.306 e. The van der Waals surface area contributed by atoms with Gasteiger partial charge >= 0.3 is 5.97 Å². The fourth-order valence-corrected chi connectivity index (χ4v) is 9.30. The monoisotopic (exact) mass is 676 g/mol. The maximum Gasteiger partial charge on any atom is 0.306 e. The van der Waals surface area contributed by atoms with Crippen molar-refractivity contribution >= 4 is 53.0 Å². The van der Waals surface area contributed by atoms with Gasteiger partial charge in [-0.2, -0.15) is 52.3 Å². The summed E-state index contributed by atoms with van der Waals surface area (Å²) in [5.74, 6) is 5.71. The zero-order valence-electron chi connectivity index (χ0n) is 27.7. The topological polar surface area (TPSA) is 80.8 Å². The molecular weight excluding hydrogens is 613 g/mol. The average molecular weight is 677 g/mol. The van der Waals surface area contributed by atoms with Crippen LogP contribution in [0.2, 0.25) is 0 Å². The normalized spacial score (nSPS) is 11.5. The van der Waals surface area contributed by atoms with Gasteiger partial charge in [0.25, 0.3) is 0 Å². The number of nitrogens with zero attached hydrogens (tertiary/aromatic N) is 3. The number of aryl methyl sites for hydroxylation is 1. The van der Waals surface area contributed by atoms with Crippen molar-refractivity contribution in [3.63, 3.8) is 0 Å². The van der Waals surface area contributed by atoms with Crippen LogP contribution in [0.25, 0.3) is 0 Å². The molecule has 1 N–H and O–H groups in total. The molecule has 0 saturated heterocycles. The van der Waals surface area contributed by atoms with Crippen LogP contribution in [-0.4, -0.2) is 65.9 Å². The molecule has 1 aromatic heterocycles. The van der Waals surface area contributed by atoms with Crippen molar-refractivity contribution in [2.24, 2.45) is 0 Å². The van der Waals surface area contributed by atoms with Crippen LogP contribution in [0.1, 0.15) is 155 Å². The third kappa shape index (κ3) is 29.1. The van der Waals surface area contributed by atoms with E-state index in [0.29, 0.717) is 18.7 Å². The number of carbonyl (C=O) groups is 1. The van der Waals surface area contributed by atoms with E-state index >= 15 is 0 Å². The van der Waals surface area contributed by atoms with Crippen molar-refractivity contribution in [2.45, 2.75) is 161 Å². The molecule has 1 heterocycles. The Morgan fingerprint density at radius 3 is 1.53 bits per heavy atom. The first kappa shape index (κ1) is 41.0. The van der Waals surface area contributed by atoms with Gasteiger partial charge in [-0.05, 0) is 74.4 Å². The van der Waals surface area contributed by atoms with Crippen LogP contribution in [0.4, 0.5) is 0 Å². The summed E-state index contributed by atoms with van der Waals surface area (Å²) >= 11 is 8.44. The van der Waals surface area contributed by atoms with Gasteiger partial charge < -0.3 is 4.74 Å². The van der Waals surface area contributed by atoms with Crippen molar-refractivity contribution in [3.8, 4) is 0 Å². The first-order valence-electron chi connectivity index (χ1n) is 17.5. The summed E-state index contributed by atoms with van der Waals surface area (Å²) in [4.78, 5) is 12.5. The number of rotatable bonds is 34. The number of nitrogens with one attached hydrogen (secondary N) is 1. The molecule has 252 valence electrons. The molecule has 0 bridgehead atoms. The summed E-state index contributed by atoms with van der Waals surface area (Å²) in [6.45, 7) is 4.55. The summed E-state index contributed by atoms with van der Waals surface area (Å²) in [5.41, 5.74) is 0. The highest BCUT2D eigenvalue weighted by molar-refractivity contribution is 8.16. The zero-order chi connectivity index (χ0) is 30.9. The van der Waals surface area contributed by atoms with Crippen LogP contribution in [0, 0.1) is 0 Å². The summed E-state index contributed by atoms with van der Waals surface area (Å²) in [5, 5.41) is 16.4. The number of hydrogen-bond acceptors (Lipinski definition) is 9. The molecule has 0 radical (unpaired) electrons. The molecule has 10 heteroatoms. The van der Waals surface area contributed by atoms with E-state index < -0.39 is 0 Å². The predicted octanol–water partition coefficient (Wildman–Crippen LogP) is 10.7. The quantitative estimate of drug-likeness (QED) is 0.0435. The molecule has 1 aromatic rings. The van der Waals surface area contributed by atoms with Gasteiger partial charge in [0, 0.05) is 16.6 Å². The lowest BCUT2D eigenvalue weighted by molar-refractivity contribution is -0.149. The maximum atomic E-state index is 12.5. The Morgan fingerprint density at radius 2 is 1.09 bits per heavy atom. The van der Waals surface area contributed by atoms with E-state index in [1.54, 1.807) is 0 Å². The number of aromatic amines is 1. The van der Waals surface area contributed by atoms with E-state index in [1.165, 1.54) is 136 Å². The van der Waals surface area contributed by atoms with E-state index in [2.05, 4.69) is 81.5 Å². The lowest BCUT2D eigenvalue weighted by Gasteiger charge is -2.18. The van der Waals surface area contributed by atoms with Gasteiger partial charge in [-0.3, -0.25) is 4.79 Å². The minimum Gasteiger partial charge on any atom is -0.462 e. The fraction of sp³-hybridized carbons (Fsp3) is 0.939. The summed E-state index contributed by atoms with van der Waals surface area (Å²) in [7, 11) is 0. The first-order valence-corrected chi connectivity index (χ1v) is 22.1. The van der Waals surface area contributed by atoms with Gasteiger partial charge in [0.15, 0.2) is 5.82 Å². The van der Waals surface area contributed by atoms with E-state index in [9.17, 15) is 4.79 Å². The highest BCUT2D eigenvalue weighted by Crippen LogP contribution is 2.20. The van der Waals surface area contributed by atoms with Crippen LogP contribution in [-0.2, 0) is 16.0 Å². The lowest BCUT2D eigenvalue weighted by atomic mass is 10.0. The Bertz CT molecular complexity index is 668. The van der Waals surface area contributed by atoms with E-state index in [1.807, 2.05) is 0 Å². The number of ether oxygens (including phenoxy) is 1. The minimum absolute atomic E-state index is 0.0511. The molecule has 0 amide bonds. The van der Waals surface area contributed by atoms with Crippen molar-refractivity contribution in [3.05, 3.63) is 5.82 Å². The molecule has 0 saturated carbocycles. The summed E-state index contributed by atoms with van der Waals surface area (Å²) < 4.78 is 5.94. The molecular formula is C33H64N4O2S4. The molecule has 6 nitrogen and oxygen atoms in total. The number of H-pyrrole nitrogens is 1. The van der Waals surface area contributed by atoms with Crippen LogP contribution in [0.15, 0.2) is 0 Å². The number of carbonyl (C=O) groups excluding carboxylic acids is 1. The maximum absolute atomic E-state index is 12.5. The Morgan fingerprint density at radius 1 is 0.651 bits per heavy atom. The standard InChI is InChI=1S/C33H64N4O2S4/c1-3-5-17-25-40-29-42-27-19-13-9-7-11-15-21-31(39-33(38)24-23-32-34-36-37-35-32)22-16-12-8-10-14-20-28-43-30-41-26-18-6-4-2/h31H,3-30H2,1-2H3,(H,34,35,36,37). The second-order valence-corrected chi connectivity index (χ2v) is 16.7. The number of aromatic nitrogens is 4. The number of hydrogen-bond donors (Lipinski definition) is 1. The molecule has 0 aliphatic heterocycles. The Balaban J connectivity index is 2.10. The zero-order valence-corrected chi connectivity index (χ0v) is 30.9. The lowest BCUT2D eigenvalue weighted by Crippen LogP contribution is -2.19. The molecule has 0 aromatic carbocycles. The van der Waals surface area contributed by atoms with Crippen molar-refractivity contribution in [1.29, 1.82) is 0 Å². The summed E-state index contributed by atoms with van der Waals surface area (Å²) in [6.07, 6.45) is 26.4. The second kappa shape index (κ2) is 33.3. The molecule has 43 heavy (non-hydrogen) atoms. The highest BCUT2D eigenvalue weighted by atomic mass is 32.2. The number of unbranched alkanes of at least 4 members (excludes halogenated alkanes) is 14. The molecule has 1 rings (SSSR count). The number of esters is 1. The largest absolute Gasteiger partial charge is 0.462 e. The minimum atomic E-state index is -0.128. The Kier molecular flexibility index (Phi) is 31.7. The molecule has 0 spiro atoms. The Labute approximate surface area is 282 Å². The highest BCUT2D eigenvalue weighted by Gasteiger charge is 2.15. The van der Waals surface area contributed by atoms with Gasteiger partial charge in [-0.1, -0.05) is 96.1 Å². The van der Waals surface area contributed by atoms with Crippen LogP contribution in [0.5, 0.6) is 0 Å². The molecule has 0 unspecified atom stereocenters. The summed E-state index contributed by atoms with van der Waals surface area (Å²) in [6, 6.07) is 0. The molecule has 0 aliphatic rings. The van der Waals surface area contributed by atoms with Crippen LogP contribution < -0.4 is 0 Å². The van der Waals surface area contributed by atoms with Gasteiger partial charge in [-0.15, -0.1) is 10.2 Å². The predicted molar refractivity (Wildman–Crippen MR) is 196 cm³/mol. The third-order valence-electron chi connectivity index (χ3n) is 7.49. The van der Waals surface area contributed by atoms with E-state index in [4.69, 9.17) is 4.74 Å². The van der Waals surface area contributed by atoms with Crippen LogP contribution in [0.3, 0.4) is 0 Å². The molecule has 0 atom stereocenters. The van der Waals surface area contributed by atoms with Gasteiger partial charge in [0.2, 0.25) is 0 Å².